The van der Waals surface area contributed by atoms with Crippen molar-refractivity contribution in [1.82, 2.24) is 0 Å². The molecule has 1 saturated heterocycles. The van der Waals surface area contributed by atoms with Gasteiger partial charge in [-0.1, -0.05) is 0 Å². The topological polar surface area (TPSA) is 66.6 Å². The van der Waals surface area contributed by atoms with Crippen LogP contribution >= 0.6 is 0 Å². The zero-order valence-corrected chi connectivity index (χ0v) is 11.3. The number of alkyl halides is 3. The molecule has 0 bridgehead atoms. The average molecular weight is 304 g/mol. The van der Waals surface area contributed by atoms with E-state index in [-0.39, 0.29) is 11.6 Å². The van der Waals surface area contributed by atoms with Crippen molar-refractivity contribution in [2.24, 2.45) is 5.92 Å². The molecule has 2 unspecified atom stereocenters. The third-order valence-electron chi connectivity index (χ3n) is 3.74. The largest absolute Gasteiger partial charge is 0.418 e. The molecular weight excluding hydrogens is 289 g/mol. The predicted molar refractivity (Wildman–Crippen MR) is 70.1 cm³/mol. The fourth-order valence-corrected chi connectivity index (χ4v) is 2.54. The number of benzene rings is 1. The molecule has 8 heteroatoms. The molecule has 0 amide bonds. The minimum atomic E-state index is -4.66. The zero-order valence-electron chi connectivity index (χ0n) is 11.3. The van der Waals surface area contributed by atoms with E-state index in [1.165, 1.54) is 4.90 Å². The smallest absolute Gasteiger partial charge is 0.393 e. The fourth-order valence-electron chi connectivity index (χ4n) is 2.54. The van der Waals surface area contributed by atoms with E-state index in [1.54, 1.807) is 6.92 Å². The summed E-state index contributed by atoms with van der Waals surface area (Å²) in [7, 11) is 0. The highest BCUT2D eigenvalue weighted by atomic mass is 19.4. The first-order chi connectivity index (χ1) is 9.70. The second-order valence-corrected chi connectivity index (χ2v) is 5.19. The van der Waals surface area contributed by atoms with Gasteiger partial charge in [0.15, 0.2) is 0 Å². The van der Waals surface area contributed by atoms with Gasteiger partial charge in [-0.2, -0.15) is 13.2 Å². The van der Waals surface area contributed by atoms with E-state index in [0.29, 0.717) is 25.6 Å². The van der Waals surface area contributed by atoms with Crippen molar-refractivity contribution >= 4 is 11.4 Å². The number of nitro groups is 1. The molecule has 1 heterocycles. The van der Waals surface area contributed by atoms with E-state index in [0.717, 1.165) is 12.1 Å². The Kier molecular flexibility index (Phi) is 4.08. The molecule has 5 nitrogen and oxygen atoms in total. The highest BCUT2D eigenvalue weighted by Gasteiger charge is 2.38. The molecule has 0 radical (unpaired) electrons. The maximum Gasteiger partial charge on any atom is 0.418 e. The second kappa shape index (κ2) is 5.51. The van der Waals surface area contributed by atoms with Gasteiger partial charge in [0.1, 0.15) is 0 Å². The molecule has 0 saturated carbocycles. The second-order valence-electron chi connectivity index (χ2n) is 5.19. The van der Waals surface area contributed by atoms with E-state index in [2.05, 4.69) is 0 Å². The summed E-state index contributed by atoms with van der Waals surface area (Å²) in [5.74, 6) is -0.0960. The van der Waals surface area contributed by atoms with Gasteiger partial charge in [-0.25, -0.2) is 0 Å². The number of anilines is 1. The molecule has 0 aliphatic carbocycles. The lowest BCUT2D eigenvalue weighted by Gasteiger charge is -2.23. The SMILES string of the molecule is CC(O)C1CCN(c2ccc([N+](=O)[O-])cc2C(F)(F)F)C1. The van der Waals surface area contributed by atoms with Crippen LogP contribution in [0, 0.1) is 16.0 Å². The summed E-state index contributed by atoms with van der Waals surface area (Å²) in [6.45, 7) is 2.30. The van der Waals surface area contributed by atoms with Crippen LogP contribution in [0.4, 0.5) is 24.5 Å². The molecule has 116 valence electrons. The molecular formula is C13H15F3N2O3. The van der Waals surface area contributed by atoms with Crippen LogP contribution in [0.2, 0.25) is 0 Å². The number of rotatable bonds is 3. The summed E-state index contributed by atoms with van der Waals surface area (Å²) in [5, 5.41) is 20.2. The molecule has 21 heavy (non-hydrogen) atoms. The molecule has 1 aromatic rings. The summed E-state index contributed by atoms with van der Waals surface area (Å²) in [6, 6.07) is 2.76. The lowest BCUT2D eigenvalue weighted by atomic mass is 10.0. The van der Waals surface area contributed by atoms with Crippen molar-refractivity contribution in [3.05, 3.63) is 33.9 Å². The number of aliphatic hydroxyl groups is 1. The molecule has 1 N–H and O–H groups in total. The fraction of sp³-hybridized carbons (Fsp3) is 0.538. The quantitative estimate of drug-likeness (QED) is 0.689. The van der Waals surface area contributed by atoms with Crippen LogP contribution in [0.15, 0.2) is 18.2 Å². The van der Waals surface area contributed by atoms with Gasteiger partial charge in [0.05, 0.1) is 16.6 Å². The van der Waals surface area contributed by atoms with Gasteiger partial charge in [-0.3, -0.25) is 10.1 Å². The van der Waals surface area contributed by atoms with E-state index >= 15 is 0 Å². The van der Waals surface area contributed by atoms with Crippen LogP contribution in [0.25, 0.3) is 0 Å². The number of hydrogen-bond donors (Lipinski definition) is 1. The standard InChI is InChI=1S/C13H15F3N2O3/c1-8(19)9-4-5-17(7-9)12-3-2-10(18(20)21)6-11(12)13(14,15)16/h2-3,6,8-9,19H,4-5,7H2,1H3. The van der Waals surface area contributed by atoms with Gasteiger partial charge in [0.25, 0.3) is 5.69 Å². The highest BCUT2D eigenvalue weighted by molar-refractivity contribution is 5.59. The highest BCUT2D eigenvalue weighted by Crippen LogP contribution is 2.40. The minimum absolute atomic E-state index is 0.0729. The normalized spacial score (nSPS) is 20.6. The molecule has 1 aromatic carbocycles. The lowest BCUT2D eigenvalue weighted by Crippen LogP contribution is -2.26. The monoisotopic (exact) mass is 304 g/mol. The average Bonchev–Trinajstić information content (AvgIpc) is 2.86. The van der Waals surface area contributed by atoms with Crippen molar-refractivity contribution in [2.75, 3.05) is 18.0 Å². The van der Waals surface area contributed by atoms with Gasteiger partial charge in [0, 0.05) is 36.8 Å². The van der Waals surface area contributed by atoms with E-state index in [1.807, 2.05) is 0 Å². The van der Waals surface area contributed by atoms with Gasteiger partial charge in [0.2, 0.25) is 0 Å². The summed E-state index contributed by atoms with van der Waals surface area (Å²) in [6.07, 6.45) is -4.67. The van der Waals surface area contributed by atoms with Crippen LogP contribution < -0.4 is 4.90 Å². The van der Waals surface area contributed by atoms with Crippen LogP contribution in [0.1, 0.15) is 18.9 Å². The molecule has 2 atom stereocenters. The van der Waals surface area contributed by atoms with Crippen LogP contribution in [0.5, 0.6) is 0 Å². The van der Waals surface area contributed by atoms with Crippen molar-refractivity contribution in [3.8, 4) is 0 Å². The number of halogens is 3. The summed E-state index contributed by atoms with van der Waals surface area (Å²) >= 11 is 0. The molecule has 1 aliphatic rings. The van der Waals surface area contributed by atoms with E-state index in [9.17, 15) is 28.4 Å². The Morgan fingerprint density at radius 2 is 2.14 bits per heavy atom. The third-order valence-corrected chi connectivity index (χ3v) is 3.74. The zero-order chi connectivity index (χ0) is 15.8. The Balaban J connectivity index is 2.38. The minimum Gasteiger partial charge on any atom is -0.393 e. The Hall–Kier alpha value is -1.83. The van der Waals surface area contributed by atoms with Gasteiger partial charge in [-0.05, 0) is 19.4 Å². The van der Waals surface area contributed by atoms with Crippen LogP contribution in [0.3, 0.4) is 0 Å². The van der Waals surface area contributed by atoms with Crippen molar-refractivity contribution < 1.29 is 23.2 Å². The molecule has 0 aromatic heterocycles. The van der Waals surface area contributed by atoms with Crippen molar-refractivity contribution in [2.45, 2.75) is 25.6 Å². The lowest BCUT2D eigenvalue weighted by molar-refractivity contribution is -0.385. The van der Waals surface area contributed by atoms with Crippen LogP contribution in [-0.4, -0.2) is 29.2 Å². The Labute approximate surface area is 119 Å². The maximum absolute atomic E-state index is 13.1. The van der Waals surface area contributed by atoms with E-state index in [4.69, 9.17) is 0 Å². The number of non-ortho nitro benzene ring substituents is 1. The third kappa shape index (κ3) is 3.26. The van der Waals surface area contributed by atoms with Gasteiger partial charge < -0.3 is 10.0 Å². The predicted octanol–water partition coefficient (Wildman–Crippen LogP) is 2.82. The molecule has 1 fully saturated rings. The Bertz CT molecular complexity index is 546. The summed E-state index contributed by atoms with van der Waals surface area (Å²) < 4.78 is 39.3. The first-order valence-corrected chi connectivity index (χ1v) is 6.49. The van der Waals surface area contributed by atoms with E-state index < -0.39 is 28.5 Å². The van der Waals surface area contributed by atoms with Crippen LogP contribution in [-0.2, 0) is 6.18 Å². The molecule has 2 rings (SSSR count). The first-order valence-electron chi connectivity index (χ1n) is 6.49. The number of nitrogens with zero attached hydrogens (tertiary/aromatic N) is 2. The summed E-state index contributed by atoms with van der Waals surface area (Å²) in [5.41, 5.74) is -1.67. The van der Waals surface area contributed by atoms with Crippen molar-refractivity contribution in [1.29, 1.82) is 0 Å². The van der Waals surface area contributed by atoms with Gasteiger partial charge >= 0.3 is 6.18 Å². The Morgan fingerprint density at radius 1 is 1.48 bits per heavy atom. The van der Waals surface area contributed by atoms with Crippen molar-refractivity contribution in [3.63, 3.8) is 0 Å². The number of aliphatic hydroxyl groups excluding tert-OH is 1. The summed E-state index contributed by atoms with van der Waals surface area (Å²) in [4.78, 5) is 11.3. The number of hydrogen-bond acceptors (Lipinski definition) is 4. The maximum atomic E-state index is 13.1. The molecule has 1 aliphatic heterocycles. The molecule has 0 spiro atoms. The van der Waals surface area contributed by atoms with Gasteiger partial charge in [-0.15, -0.1) is 0 Å². The Morgan fingerprint density at radius 3 is 2.62 bits per heavy atom. The number of nitro benzene ring substituents is 1. The first kappa shape index (κ1) is 15.6.